The van der Waals surface area contributed by atoms with Gasteiger partial charge >= 0.3 is 0 Å². The Kier molecular flexibility index (Phi) is 15.0. The molecule has 0 radical (unpaired) electrons. The highest BCUT2D eigenvalue weighted by Gasteiger charge is 2.02. The minimum Gasteiger partial charge on any atom is -0.295 e. The third kappa shape index (κ3) is 11.2. The number of hydrogen-bond donors (Lipinski definition) is 0. The maximum atomic E-state index is 10.5. The van der Waals surface area contributed by atoms with Crippen LogP contribution in [0.5, 0.6) is 0 Å². The molecule has 1 aliphatic rings. The average molecular weight is 260 g/mol. The van der Waals surface area contributed by atoms with Gasteiger partial charge in [-0.2, -0.15) is 0 Å². The Labute approximate surface area is 119 Å². The summed E-state index contributed by atoms with van der Waals surface area (Å²) in [6.45, 7) is 11.7. The molecule has 1 aromatic carbocycles. The fraction of sp³-hybridized carbons (Fsp3) is 0.389. The zero-order valence-corrected chi connectivity index (χ0v) is 13.2. The molecule has 1 aromatic rings. The van der Waals surface area contributed by atoms with Crippen molar-refractivity contribution in [3.63, 3.8) is 0 Å². The minimum atomic E-state index is 0.190. The second kappa shape index (κ2) is 14.4. The number of rotatable bonds is 1. The molecule has 1 nitrogen and oxygen atoms in total. The van der Waals surface area contributed by atoms with Gasteiger partial charge in [0.05, 0.1) is 0 Å². The zero-order valence-electron chi connectivity index (χ0n) is 13.2. The summed E-state index contributed by atoms with van der Waals surface area (Å²) < 4.78 is 0. The van der Waals surface area contributed by atoms with Gasteiger partial charge in [0.2, 0.25) is 0 Å². The molecule has 0 saturated carbocycles. The molecule has 0 unspecified atom stereocenters. The molecule has 0 aromatic heterocycles. The largest absolute Gasteiger partial charge is 0.295 e. The first-order valence-corrected chi connectivity index (χ1v) is 7.08. The van der Waals surface area contributed by atoms with E-state index in [0.29, 0.717) is 0 Å². The van der Waals surface area contributed by atoms with Crippen molar-refractivity contribution < 1.29 is 4.79 Å². The van der Waals surface area contributed by atoms with Crippen LogP contribution in [0.4, 0.5) is 0 Å². The number of carbonyl (C=O) groups excluding carboxylic acids is 1. The summed E-state index contributed by atoms with van der Waals surface area (Å²) in [4.78, 5) is 10.5. The maximum absolute atomic E-state index is 10.5. The van der Waals surface area contributed by atoms with Crippen LogP contribution in [0.2, 0.25) is 0 Å². The molecule has 0 fully saturated rings. The lowest BCUT2D eigenvalue weighted by molar-refractivity contribution is -0.113. The molecule has 1 heteroatoms. The molecule has 0 saturated heterocycles. The van der Waals surface area contributed by atoms with Crippen molar-refractivity contribution in [2.45, 2.75) is 48.0 Å². The van der Waals surface area contributed by atoms with Gasteiger partial charge in [-0.3, -0.25) is 4.79 Å². The van der Waals surface area contributed by atoms with Gasteiger partial charge < -0.3 is 0 Å². The summed E-state index contributed by atoms with van der Waals surface area (Å²) in [6, 6.07) is 10.3. The molecule has 106 valence electrons. The number of ketones is 1. The predicted molar refractivity (Wildman–Crippen MR) is 86.4 cm³/mol. The Hall–Kier alpha value is -1.63. The van der Waals surface area contributed by atoms with Crippen LogP contribution in [0.3, 0.4) is 0 Å². The van der Waals surface area contributed by atoms with Gasteiger partial charge in [0.1, 0.15) is 0 Å². The summed E-state index contributed by atoms with van der Waals surface area (Å²) in [5, 5.41) is 0. The van der Waals surface area contributed by atoms with Crippen LogP contribution in [0.25, 0.3) is 0 Å². The number of allylic oxidation sites excluding steroid dienone is 4. The molecule has 0 bridgehead atoms. The SMILES string of the molecule is CC.CC.CC(=O)C1=CC=CC1.Cc1ccccc1. The van der Waals surface area contributed by atoms with Gasteiger partial charge in [0.15, 0.2) is 5.78 Å². The molecule has 0 atom stereocenters. The van der Waals surface area contributed by atoms with Gasteiger partial charge in [-0.05, 0) is 25.8 Å². The Bertz CT molecular complexity index is 372. The third-order valence-corrected chi connectivity index (χ3v) is 2.16. The molecule has 0 aliphatic heterocycles. The third-order valence-electron chi connectivity index (χ3n) is 2.16. The standard InChI is InChI=1S/C7H8O.C7H8.2C2H6/c1-6(8)7-4-2-3-5-7;1-7-5-3-2-4-6-7;2*1-2/h2-4H,5H2,1H3;2-6H,1H3;2*1-2H3. The zero-order chi connectivity index (χ0) is 15.1. The Morgan fingerprint density at radius 1 is 1.00 bits per heavy atom. The molecule has 2 rings (SSSR count). The number of hydrogen-bond acceptors (Lipinski definition) is 1. The number of benzene rings is 1. The molecule has 0 amide bonds. The van der Waals surface area contributed by atoms with Crippen LogP contribution in [0.1, 0.15) is 46.6 Å². The number of aryl methyl sites for hydroxylation is 1. The molecular formula is C18H28O. The lowest BCUT2D eigenvalue weighted by atomic mass is 10.2. The van der Waals surface area contributed by atoms with Crippen molar-refractivity contribution in [3.8, 4) is 0 Å². The van der Waals surface area contributed by atoms with Crippen LogP contribution in [-0.4, -0.2) is 5.78 Å². The van der Waals surface area contributed by atoms with Crippen LogP contribution < -0.4 is 0 Å². The van der Waals surface area contributed by atoms with Gasteiger partial charge in [0.25, 0.3) is 0 Å². The Balaban J connectivity index is 0. The molecule has 1 aliphatic carbocycles. The fourth-order valence-electron chi connectivity index (χ4n) is 1.24. The van der Waals surface area contributed by atoms with Crippen molar-refractivity contribution in [1.29, 1.82) is 0 Å². The molecular weight excluding hydrogens is 232 g/mol. The topological polar surface area (TPSA) is 17.1 Å². The first-order valence-electron chi connectivity index (χ1n) is 7.08. The van der Waals surface area contributed by atoms with Gasteiger partial charge in [0, 0.05) is 0 Å². The second-order valence-electron chi connectivity index (χ2n) is 3.54. The van der Waals surface area contributed by atoms with E-state index in [0.717, 1.165) is 12.0 Å². The van der Waals surface area contributed by atoms with Crippen molar-refractivity contribution in [2.24, 2.45) is 0 Å². The van der Waals surface area contributed by atoms with E-state index in [1.807, 2.05) is 64.1 Å². The second-order valence-corrected chi connectivity index (χ2v) is 3.54. The van der Waals surface area contributed by atoms with E-state index in [4.69, 9.17) is 0 Å². The lowest BCUT2D eigenvalue weighted by Crippen LogP contribution is -1.91. The lowest BCUT2D eigenvalue weighted by Gasteiger charge is -1.88. The number of carbonyl (C=O) groups is 1. The summed E-state index contributed by atoms with van der Waals surface area (Å²) >= 11 is 0. The highest BCUT2D eigenvalue weighted by molar-refractivity contribution is 5.94. The summed E-state index contributed by atoms with van der Waals surface area (Å²) in [7, 11) is 0. The summed E-state index contributed by atoms with van der Waals surface area (Å²) in [5.74, 6) is 0.190. The van der Waals surface area contributed by atoms with Gasteiger partial charge in [-0.1, -0.05) is 81.8 Å². The summed E-state index contributed by atoms with van der Waals surface area (Å²) in [6.07, 6.45) is 6.59. The van der Waals surface area contributed by atoms with Crippen molar-refractivity contribution in [1.82, 2.24) is 0 Å². The Morgan fingerprint density at radius 2 is 1.53 bits per heavy atom. The first kappa shape index (κ1) is 19.7. The van der Waals surface area contributed by atoms with E-state index >= 15 is 0 Å². The monoisotopic (exact) mass is 260 g/mol. The van der Waals surface area contributed by atoms with Gasteiger partial charge in [-0.25, -0.2) is 0 Å². The van der Waals surface area contributed by atoms with Crippen LogP contribution in [0.15, 0.2) is 54.1 Å². The predicted octanol–water partition coefficient (Wildman–Crippen LogP) is 5.51. The molecule has 0 heterocycles. The highest BCUT2D eigenvalue weighted by Crippen LogP contribution is 2.09. The minimum absolute atomic E-state index is 0.190. The van der Waals surface area contributed by atoms with Crippen LogP contribution >= 0.6 is 0 Å². The van der Waals surface area contributed by atoms with Gasteiger partial charge in [-0.15, -0.1) is 0 Å². The van der Waals surface area contributed by atoms with E-state index in [9.17, 15) is 4.79 Å². The van der Waals surface area contributed by atoms with Crippen molar-refractivity contribution in [2.75, 3.05) is 0 Å². The Morgan fingerprint density at radius 3 is 1.74 bits per heavy atom. The normalized spacial score (nSPS) is 10.7. The van der Waals surface area contributed by atoms with E-state index in [-0.39, 0.29) is 5.78 Å². The van der Waals surface area contributed by atoms with E-state index < -0.39 is 0 Å². The quantitative estimate of drug-likeness (QED) is 0.650. The van der Waals surface area contributed by atoms with Crippen molar-refractivity contribution in [3.05, 3.63) is 59.7 Å². The molecule has 19 heavy (non-hydrogen) atoms. The average Bonchev–Trinajstić information content (AvgIpc) is 2.99. The highest BCUT2D eigenvalue weighted by atomic mass is 16.1. The van der Waals surface area contributed by atoms with E-state index in [2.05, 4.69) is 19.1 Å². The first-order chi connectivity index (χ1) is 9.20. The van der Waals surface area contributed by atoms with E-state index in [1.54, 1.807) is 6.92 Å². The number of Topliss-reactive ketones (excluding diaryl/α,β-unsaturated/α-hetero) is 1. The van der Waals surface area contributed by atoms with Crippen LogP contribution in [0, 0.1) is 6.92 Å². The maximum Gasteiger partial charge on any atom is 0.156 e. The van der Waals surface area contributed by atoms with E-state index in [1.165, 1.54) is 5.56 Å². The van der Waals surface area contributed by atoms with Crippen LogP contribution in [-0.2, 0) is 4.79 Å². The summed E-state index contributed by atoms with van der Waals surface area (Å²) in [5.41, 5.74) is 2.24. The molecule has 0 N–H and O–H groups in total. The van der Waals surface area contributed by atoms with Crippen molar-refractivity contribution >= 4 is 5.78 Å². The molecule has 0 spiro atoms. The smallest absolute Gasteiger partial charge is 0.156 e. The fourth-order valence-corrected chi connectivity index (χ4v) is 1.24.